The number of nitrogens with zero attached hydrogens (tertiary/aromatic N) is 3. The van der Waals surface area contributed by atoms with Crippen LogP contribution in [0.5, 0.6) is 5.75 Å². The van der Waals surface area contributed by atoms with Gasteiger partial charge in [0.05, 0.1) is 13.3 Å². The topological polar surface area (TPSA) is 60.2 Å². The number of hydrogen-bond donors (Lipinski definition) is 1. The normalized spacial score (nSPS) is 12.4. The molecule has 0 aliphatic carbocycles. The molecule has 0 spiro atoms. The first kappa shape index (κ1) is 13.5. The Morgan fingerprint density at radius 2 is 2.26 bits per heavy atom. The Morgan fingerprint density at radius 3 is 2.89 bits per heavy atom. The number of hydrogen-bond acceptors (Lipinski definition) is 4. The molecule has 19 heavy (non-hydrogen) atoms. The van der Waals surface area contributed by atoms with Crippen molar-refractivity contribution >= 4 is 0 Å². The number of aliphatic hydroxyl groups is 1. The second kappa shape index (κ2) is 5.84. The van der Waals surface area contributed by atoms with Crippen LogP contribution in [0.15, 0.2) is 24.5 Å². The fourth-order valence-corrected chi connectivity index (χ4v) is 2.13. The SMILES string of the molecule is CCCn1ncc(OC)c1C(O)c1cccnc1C. The minimum absolute atomic E-state index is 0.601. The summed E-state index contributed by atoms with van der Waals surface area (Å²) in [7, 11) is 1.58. The Balaban J connectivity index is 2.45. The number of aryl methyl sites for hydroxylation is 2. The third-order valence-electron chi connectivity index (χ3n) is 3.10. The van der Waals surface area contributed by atoms with E-state index >= 15 is 0 Å². The molecular formula is C14H19N3O2. The number of methoxy groups -OCH3 is 1. The molecule has 0 aliphatic heterocycles. The van der Waals surface area contributed by atoms with Crippen LogP contribution in [-0.2, 0) is 6.54 Å². The maximum absolute atomic E-state index is 10.6. The van der Waals surface area contributed by atoms with Crippen molar-refractivity contribution in [3.63, 3.8) is 0 Å². The van der Waals surface area contributed by atoms with Crippen LogP contribution in [0.4, 0.5) is 0 Å². The van der Waals surface area contributed by atoms with Crippen molar-refractivity contribution in [3.05, 3.63) is 41.5 Å². The molecule has 5 nitrogen and oxygen atoms in total. The molecule has 2 rings (SSSR count). The van der Waals surface area contributed by atoms with E-state index < -0.39 is 6.10 Å². The summed E-state index contributed by atoms with van der Waals surface area (Å²) >= 11 is 0. The van der Waals surface area contributed by atoms with Gasteiger partial charge >= 0.3 is 0 Å². The van der Waals surface area contributed by atoms with E-state index in [-0.39, 0.29) is 0 Å². The summed E-state index contributed by atoms with van der Waals surface area (Å²) in [5.41, 5.74) is 2.26. The Morgan fingerprint density at radius 1 is 1.47 bits per heavy atom. The smallest absolute Gasteiger partial charge is 0.163 e. The lowest BCUT2D eigenvalue weighted by atomic mass is 10.0. The predicted molar refractivity (Wildman–Crippen MR) is 72.1 cm³/mol. The second-order valence-electron chi connectivity index (χ2n) is 4.40. The number of rotatable bonds is 5. The van der Waals surface area contributed by atoms with E-state index in [1.165, 1.54) is 0 Å². The molecule has 0 amide bonds. The van der Waals surface area contributed by atoms with Crippen LogP contribution in [0.2, 0.25) is 0 Å². The Kier molecular flexibility index (Phi) is 4.16. The van der Waals surface area contributed by atoms with Gasteiger partial charge in [0.2, 0.25) is 0 Å². The second-order valence-corrected chi connectivity index (χ2v) is 4.40. The van der Waals surface area contributed by atoms with Gasteiger partial charge in [-0.1, -0.05) is 13.0 Å². The third kappa shape index (κ3) is 2.61. The van der Waals surface area contributed by atoms with Gasteiger partial charge in [-0.25, -0.2) is 0 Å². The van der Waals surface area contributed by atoms with Gasteiger partial charge in [-0.3, -0.25) is 9.67 Å². The average Bonchev–Trinajstić information content (AvgIpc) is 2.82. The summed E-state index contributed by atoms with van der Waals surface area (Å²) in [5, 5.41) is 14.9. The highest BCUT2D eigenvalue weighted by molar-refractivity contribution is 5.36. The minimum Gasteiger partial charge on any atom is -0.493 e. The number of pyridine rings is 1. The Labute approximate surface area is 112 Å². The highest BCUT2D eigenvalue weighted by atomic mass is 16.5. The van der Waals surface area contributed by atoms with E-state index in [4.69, 9.17) is 4.74 Å². The summed E-state index contributed by atoms with van der Waals surface area (Å²) in [6, 6.07) is 3.69. The largest absolute Gasteiger partial charge is 0.493 e. The first-order valence-electron chi connectivity index (χ1n) is 6.38. The lowest BCUT2D eigenvalue weighted by Crippen LogP contribution is -2.12. The Bertz CT molecular complexity index is 551. The molecule has 5 heteroatoms. The van der Waals surface area contributed by atoms with Crippen molar-refractivity contribution in [2.75, 3.05) is 7.11 Å². The molecule has 2 aromatic heterocycles. The molecular weight excluding hydrogens is 242 g/mol. The monoisotopic (exact) mass is 261 g/mol. The van der Waals surface area contributed by atoms with Crippen LogP contribution in [0, 0.1) is 6.92 Å². The van der Waals surface area contributed by atoms with E-state index in [0.29, 0.717) is 11.4 Å². The van der Waals surface area contributed by atoms with Crippen molar-refractivity contribution in [2.24, 2.45) is 0 Å². The molecule has 1 unspecified atom stereocenters. The predicted octanol–water partition coefficient (Wildman–Crippen LogP) is 2.09. The van der Waals surface area contributed by atoms with Gasteiger partial charge in [-0.15, -0.1) is 0 Å². The molecule has 0 aromatic carbocycles. The molecule has 0 saturated carbocycles. The van der Waals surface area contributed by atoms with Gasteiger partial charge in [0.1, 0.15) is 11.8 Å². The number of aromatic nitrogens is 3. The summed E-state index contributed by atoms with van der Waals surface area (Å²) in [5.74, 6) is 0.601. The summed E-state index contributed by atoms with van der Waals surface area (Å²) < 4.78 is 7.08. The van der Waals surface area contributed by atoms with Gasteiger partial charge in [0.25, 0.3) is 0 Å². The zero-order valence-corrected chi connectivity index (χ0v) is 11.5. The Hall–Kier alpha value is -1.88. The summed E-state index contributed by atoms with van der Waals surface area (Å²) in [4.78, 5) is 4.21. The fraction of sp³-hybridized carbons (Fsp3) is 0.429. The van der Waals surface area contributed by atoms with Crippen LogP contribution < -0.4 is 4.74 Å². The number of aliphatic hydroxyl groups excluding tert-OH is 1. The van der Waals surface area contributed by atoms with E-state index in [1.807, 2.05) is 19.1 Å². The van der Waals surface area contributed by atoms with Crippen LogP contribution in [0.3, 0.4) is 0 Å². The maximum atomic E-state index is 10.6. The highest BCUT2D eigenvalue weighted by Crippen LogP contribution is 2.30. The van der Waals surface area contributed by atoms with Gasteiger partial charge in [0, 0.05) is 24.0 Å². The quantitative estimate of drug-likeness (QED) is 0.895. The zero-order valence-electron chi connectivity index (χ0n) is 11.5. The van der Waals surface area contributed by atoms with Gasteiger partial charge < -0.3 is 9.84 Å². The van der Waals surface area contributed by atoms with Crippen molar-refractivity contribution in [1.82, 2.24) is 14.8 Å². The van der Waals surface area contributed by atoms with E-state index in [1.54, 1.807) is 24.2 Å². The average molecular weight is 261 g/mol. The van der Waals surface area contributed by atoms with Crippen molar-refractivity contribution in [1.29, 1.82) is 0 Å². The van der Waals surface area contributed by atoms with Gasteiger partial charge in [0.15, 0.2) is 5.75 Å². The van der Waals surface area contributed by atoms with Crippen molar-refractivity contribution in [3.8, 4) is 5.75 Å². The lowest BCUT2D eigenvalue weighted by Gasteiger charge is -2.16. The fourth-order valence-electron chi connectivity index (χ4n) is 2.13. The molecule has 1 atom stereocenters. The van der Waals surface area contributed by atoms with Gasteiger partial charge in [-0.05, 0) is 19.4 Å². The van der Waals surface area contributed by atoms with Crippen LogP contribution >= 0.6 is 0 Å². The standard InChI is InChI=1S/C14H19N3O2/c1-4-8-17-13(12(19-3)9-16-17)14(18)11-6-5-7-15-10(11)2/h5-7,9,14,18H,4,8H2,1-3H3. The molecule has 102 valence electrons. The van der Waals surface area contributed by atoms with Crippen LogP contribution in [0.1, 0.15) is 36.4 Å². The first-order valence-corrected chi connectivity index (χ1v) is 6.38. The van der Waals surface area contributed by atoms with E-state index in [0.717, 1.165) is 24.2 Å². The molecule has 0 radical (unpaired) electrons. The van der Waals surface area contributed by atoms with Gasteiger partial charge in [-0.2, -0.15) is 5.10 Å². The van der Waals surface area contributed by atoms with E-state index in [9.17, 15) is 5.11 Å². The van der Waals surface area contributed by atoms with E-state index in [2.05, 4.69) is 17.0 Å². The first-order chi connectivity index (χ1) is 9.19. The van der Waals surface area contributed by atoms with Crippen LogP contribution in [0.25, 0.3) is 0 Å². The molecule has 2 aromatic rings. The maximum Gasteiger partial charge on any atom is 0.163 e. The molecule has 0 fully saturated rings. The zero-order chi connectivity index (χ0) is 13.8. The highest BCUT2D eigenvalue weighted by Gasteiger charge is 2.22. The molecule has 0 bridgehead atoms. The summed E-state index contributed by atoms with van der Waals surface area (Å²) in [6.45, 7) is 4.69. The summed E-state index contributed by atoms with van der Waals surface area (Å²) in [6.07, 6.45) is 3.51. The number of ether oxygens (including phenoxy) is 1. The lowest BCUT2D eigenvalue weighted by molar-refractivity contribution is 0.200. The molecule has 0 aliphatic rings. The van der Waals surface area contributed by atoms with Crippen molar-refractivity contribution in [2.45, 2.75) is 32.9 Å². The van der Waals surface area contributed by atoms with Crippen molar-refractivity contribution < 1.29 is 9.84 Å². The van der Waals surface area contributed by atoms with Crippen LogP contribution in [-0.4, -0.2) is 27.0 Å². The minimum atomic E-state index is -0.780. The molecule has 1 N–H and O–H groups in total. The third-order valence-corrected chi connectivity index (χ3v) is 3.10. The molecule has 2 heterocycles. The molecule has 0 saturated heterocycles.